The van der Waals surface area contributed by atoms with Gasteiger partial charge in [0.2, 0.25) is 0 Å². The molecular weight excluding hydrogens is 448 g/mol. The maximum absolute atomic E-state index is 4.85. The van der Waals surface area contributed by atoms with E-state index in [9.17, 15) is 0 Å². The normalized spacial score (nSPS) is 11.4. The maximum atomic E-state index is 4.85. The fourth-order valence-corrected chi connectivity index (χ4v) is 4.46. The molecule has 0 fully saturated rings. The molecule has 8 heteroatoms. The summed E-state index contributed by atoms with van der Waals surface area (Å²) in [6.07, 6.45) is 6.19. The van der Waals surface area contributed by atoms with Crippen molar-refractivity contribution >= 4 is 0 Å². The topological polar surface area (TPSA) is 90.1 Å². The molecule has 0 bridgehead atoms. The van der Waals surface area contributed by atoms with Crippen LogP contribution in [0.25, 0.3) is 28.3 Å². The smallest absolute Gasteiger partial charge is 0.197 e. The van der Waals surface area contributed by atoms with Crippen molar-refractivity contribution in [1.82, 2.24) is 40.0 Å². The second kappa shape index (κ2) is 10.7. The minimum atomic E-state index is 0.537. The Morgan fingerprint density at radius 2 is 1.78 bits per heavy atom. The number of aryl methyl sites for hydroxylation is 1. The molecule has 3 heterocycles. The lowest BCUT2D eigenvalue weighted by molar-refractivity contribution is 0.592. The third kappa shape index (κ3) is 5.12. The molecule has 0 aliphatic carbocycles. The predicted octanol–water partition coefficient (Wildman–Crippen LogP) is 5.51. The number of hydrogen-bond donors (Lipinski definition) is 1. The molecule has 0 unspecified atom stereocenters. The number of aromatic nitrogens is 8. The van der Waals surface area contributed by atoms with Gasteiger partial charge in [-0.25, -0.2) is 14.8 Å². The number of benzene rings is 2. The van der Waals surface area contributed by atoms with Crippen LogP contribution in [0.5, 0.6) is 0 Å². The molecule has 0 saturated heterocycles. The van der Waals surface area contributed by atoms with Crippen molar-refractivity contribution in [3.05, 3.63) is 84.1 Å². The van der Waals surface area contributed by atoms with Crippen molar-refractivity contribution in [2.45, 2.75) is 53.0 Å². The molecule has 3 aromatic heterocycles. The Bertz CT molecular complexity index is 1380. The zero-order valence-corrected chi connectivity index (χ0v) is 21.1. The van der Waals surface area contributed by atoms with Crippen LogP contribution in [0.15, 0.2) is 66.9 Å². The summed E-state index contributed by atoms with van der Waals surface area (Å²) < 4.78 is 4.20. The molecule has 0 atom stereocenters. The number of nitrogens with zero attached hydrogens (tertiary/aromatic N) is 7. The van der Waals surface area contributed by atoms with E-state index in [1.165, 1.54) is 5.56 Å². The molecule has 0 spiro atoms. The molecule has 0 saturated carbocycles. The van der Waals surface area contributed by atoms with Crippen molar-refractivity contribution < 1.29 is 0 Å². The lowest BCUT2D eigenvalue weighted by atomic mass is 10.1. The van der Waals surface area contributed by atoms with Crippen LogP contribution in [-0.4, -0.2) is 40.0 Å². The van der Waals surface area contributed by atoms with E-state index in [0.717, 1.165) is 59.8 Å². The standard InChI is InChI=1S/C28H32N8/c1-4-5-11-26-29-25(18-20(2)3)32-36(26)19-21-12-14-23(15-13-21)35-17-16-24(22-9-7-6-8-10-22)27(35)28-30-33-34-31-28/h6-10,12-17,20H,4-5,11,18-19H2,1-3H3,(H,30,31,33,34). The predicted molar refractivity (Wildman–Crippen MR) is 141 cm³/mol. The summed E-state index contributed by atoms with van der Waals surface area (Å²) in [6.45, 7) is 7.34. The Kier molecular flexibility index (Phi) is 7.02. The number of unbranched alkanes of at least 4 members (excludes halogenated alkanes) is 1. The highest BCUT2D eigenvalue weighted by molar-refractivity contribution is 5.80. The number of aromatic amines is 1. The van der Waals surface area contributed by atoms with Gasteiger partial charge in [0.15, 0.2) is 11.6 Å². The summed E-state index contributed by atoms with van der Waals surface area (Å²) in [4.78, 5) is 4.85. The van der Waals surface area contributed by atoms with Gasteiger partial charge in [-0.3, -0.25) is 0 Å². The summed E-state index contributed by atoms with van der Waals surface area (Å²) in [6, 6.07) is 21.0. The van der Waals surface area contributed by atoms with Crippen LogP contribution < -0.4 is 0 Å². The van der Waals surface area contributed by atoms with Gasteiger partial charge in [-0.15, -0.1) is 5.10 Å². The lowest BCUT2D eigenvalue weighted by Crippen LogP contribution is -2.08. The molecule has 36 heavy (non-hydrogen) atoms. The summed E-state index contributed by atoms with van der Waals surface area (Å²) in [5, 5.41) is 19.6. The first-order chi connectivity index (χ1) is 17.6. The number of hydrogen-bond acceptors (Lipinski definition) is 5. The number of rotatable bonds is 10. The lowest BCUT2D eigenvalue weighted by Gasteiger charge is -2.11. The fourth-order valence-electron chi connectivity index (χ4n) is 4.46. The van der Waals surface area contributed by atoms with Crippen LogP contribution in [0.3, 0.4) is 0 Å². The zero-order chi connectivity index (χ0) is 24.9. The van der Waals surface area contributed by atoms with E-state index < -0.39 is 0 Å². The molecule has 184 valence electrons. The van der Waals surface area contributed by atoms with Gasteiger partial charge in [0.05, 0.1) is 6.54 Å². The molecule has 8 nitrogen and oxygen atoms in total. The molecule has 0 amide bonds. The zero-order valence-electron chi connectivity index (χ0n) is 21.1. The highest BCUT2D eigenvalue weighted by Gasteiger charge is 2.18. The Morgan fingerprint density at radius 3 is 2.47 bits per heavy atom. The van der Waals surface area contributed by atoms with Crippen molar-refractivity contribution in [1.29, 1.82) is 0 Å². The Morgan fingerprint density at radius 1 is 0.972 bits per heavy atom. The molecule has 0 aliphatic heterocycles. The molecule has 5 aromatic rings. The highest BCUT2D eigenvalue weighted by Crippen LogP contribution is 2.33. The van der Waals surface area contributed by atoms with Crippen LogP contribution in [0.2, 0.25) is 0 Å². The van der Waals surface area contributed by atoms with Crippen LogP contribution in [0, 0.1) is 5.92 Å². The second-order valence-electron chi connectivity index (χ2n) is 9.53. The first-order valence-electron chi connectivity index (χ1n) is 12.6. The third-order valence-corrected chi connectivity index (χ3v) is 6.22. The van der Waals surface area contributed by atoms with E-state index >= 15 is 0 Å². The Balaban J connectivity index is 1.44. The summed E-state index contributed by atoms with van der Waals surface area (Å²) in [5.41, 5.74) is 5.34. The van der Waals surface area contributed by atoms with Gasteiger partial charge < -0.3 is 4.57 Å². The van der Waals surface area contributed by atoms with Crippen molar-refractivity contribution in [2.24, 2.45) is 5.92 Å². The molecular formula is C28H32N8. The average molecular weight is 481 g/mol. The van der Waals surface area contributed by atoms with Gasteiger partial charge in [0.1, 0.15) is 11.5 Å². The van der Waals surface area contributed by atoms with Crippen molar-refractivity contribution in [3.63, 3.8) is 0 Å². The van der Waals surface area contributed by atoms with Crippen molar-refractivity contribution in [2.75, 3.05) is 0 Å². The quantitative estimate of drug-likeness (QED) is 0.285. The average Bonchev–Trinajstić information content (AvgIpc) is 3.63. The van der Waals surface area contributed by atoms with Crippen LogP contribution in [0.1, 0.15) is 50.8 Å². The minimum Gasteiger partial charge on any atom is -0.313 e. The SMILES string of the molecule is CCCCc1nc(CC(C)C)nn1Cc1ccc(-n2ccc(-c3ccccc3)c2-c2nnn[nH]2)cc1. The van der Waals surface area contributed by atoms with Gasteiger partial charge in [-0.2, -0.15) is 5.10 Å². The van der Waals surface area contributed by atoms with E-state index in [4.69, 9.17) is 10.1 Å². The van der Waals surface area contributed by atoms with Crippen molar-refractivity contribution in [3.8, 4) is 28.3 Å². The van der Waals surface area contributed by atoms with E-state index in [1.54, 1.807) is 0 Å². The van der Waals surface area contributed by atoms with Crippen LogP contribution >= 0.6 is 0 Å². The van der Waals surface area contributed by atoms with E-state index in [0.29, 0.717) is 18.3 Å². The van der Waals surface area contributed by atoms with Gasteiger partial charge in [-0.1, -0.05) is 69.7 Å². The molecule has 1 N–H and O–H groups in total. The van der Waals surface area contributed by atoms with E-state index in [1.807, 2.05) is 18.2 Å². The summed E-state index contributed by atoms with van der Waals surface area (Å²) >= 11 is 0. The maximum Gasteiger partial charge on any atom is 0.197 e. The second-order valence-corrected chi connectivity index (χ2v) is 9.53. The van der Waals surface area contributed by atoms with Crippen LogP contribution in [-0.2, 0) is 19.4 Å². The molecule has 2 aromatic carbocycles. The number of H-pyrrole nitrogens is 1. The summed E-state index contributed by atoms with van der Waals surface area (Å²) in [7, 11) is 0. The van der Waals surface area contributed by atoms with Crippen LogP contribution in [0.4, 0.5) is 0 Å². The molecule has 0 radical (unpaired) electrons. The van der Waals surface area contributed by atoms with Gasteiger partial charge in [-0.05, 0) is 52.1 Å². The summed E-state index contributed by atoms with van der Waals surface area (Å²) in [5.74, 6) is 3.19. The molecule has 5 rings (SSSR count). The van der Waals surface area contributed by atoms with Gasteiger partial charge >= 0.3 is 0 Å². The minimum absolute atomic E-state index is 0.537. The van der Waals surface area contributed by atoms with E-state index in [2.05, 4.69) is 99.3 Å². The number of nitrogens with one attached hydrogen (secondary N) is 1. The van der Waals surface area contributed by atoms with Gasteiger partial charge in [0, 0.05) is 30.3 Å². The van der Waals surface area contributed by atoms with Gasteiger partial charge in [0.25, 0.3) is 0 Å². The highest BCUT2D eigenvalue weighted by atomic mass is 15.5. The Labute approximate surface area is 211 Å². The number of tetrazole rings is 1. The monoisotopic (exact) mass is 480 g/mol. The Hall–Kier alpha value is -4.07. The largest absolute Gasteiger partial charge is 0.313 e. The fraction of sp³-hybridized carbons (Fsp3) is 0.321. The first-order valence-corrected chi connectivity index (χ1v) is 12.6. The third-order valence-electron chi connectivity index (χ3n) is 6.22. The molecule has 0 aliphatic rings. The van der Waals surface area contributed by atoms with E-state index in [-0.39, 0.29) is 0 Å². The first kappa shape index (κ1) is 23.7.